The first-order valence-electron chi connectivity index (χ1n) is 5.77. The van der Waals surface area contributed by atoms with E-state index in [4.69, 9.17) is 0 Å². The van der Waals surface area contributed by atoms with Crippen molar-refractivity contribution in [1.82, 2.24) is 5.32 Å². The molecule has 0 unspecified atom stereocenters. The zero-order valence-electron chi connectivity index (χ0n) is 10.5. The fraction of sp³-hybridized carbons (Fsp3) is 0.500. The van der Waals surface area contributed by atoms with Crippen molar-refractivity contribution in [3.05, 3.63) is 29.8 Å². The molecular formula is C12H20N2O2S. The van der Waals surface area contributed by atoms with Crippen LogP contribution in [-0.4, -0.2) is 20.2 Å². The highest BCUT2D eigenvalue weighted by Gasteiger charge is 2.15. The van der Waals surface area contributed by atoms with E-state index in [1.165, 1.54) is 0 Å². The number of hydrogen-bond donors (Lipinski definition) is 2. The molecule has 0 aliphatic rings. The largest absolute Gasteiger partial charge is 0.313 e. The first-order valence-corrected chi connectivity index (χ1v) is 7.31. The molecule has 1 aromatic carbocycles. The van der Waals surface area contributed by atoms with E-state index in [0.29, 0.717) is 5.69 Å². The smallest absolute Gasteiger partial charge is 0.235 e. The molecular weight excluding hydrogens is 236 g/mol. The van der Waals surface area contributed by atoms with Gasteiger partial charge in [0.25, 0.3) is 0 Å². The molecule has 0 saturated heterocycles. The molecule has 0 atom stereocenters. The van der Waals surface area contributed by atoms with Crippen LogP contribution in [0, 0.1) is 0 Å². The normalized spacial score (nSPS) is 11.8. The predicted molar refractivity (Wildman–Crippen MR) is 71.5 cm³/mol. The number of nitrogens with one attached hydrogen (secondary N) is 2. The van der Waals surface area contributed by atoms with Gasteiger partial charge in [-0.2, -0.15) is 0 Å². The highest BCUT2D eigenvalue weighted by Crippen LogP contribution is 2.13. The third-order valence-electron chi connectivity index (χ3n) is 2.41. The maximum atomic E-state index is 11.6. The molecule has 0 heterocycles. The summed E-state index contributed by atoms with van der Waals surface area (Å²) in [6.45, 7) is 7.07. The summed E-state index contributed by atoms with van der Waals surface area (Å²) in [5.41, 5.74) is 1.75. The Morgan fingerprint density at radius 1 is 1.18 bits per heavy atom. The summed E-state index contributed by atoms with van der Waals surface area (Å²) in [4.78, 5) is 0. The Balaban J connectivity index is 2.69. The number of rotatable bonds is 6. The summed E-state index contributed by atoms with van der Waals surface area (Å²) < 4.78 is 25.8. The van der Waals surface area contributed by atoms with E-state index in [1.807, 2.05) is 19.1 Å². The fourth-order valence-corrected chi connectivity index (χ4v) is 1.94. The van der Waals surface area contributed by atoms with E-state index in [2.05, 4.69) is 10.0 Å². The minimum absolute atomic E-state index is 0.427. The molecule has 0 aliphatic heterocycles. The predicted octanol–water partition coefficient (Wildman–Crippen LogP) is 1.95. The van der Waals surface area contributed by atoms with Gasteiger partial charge in [-0.25, -0.2) is 8.42 Å². The Hall–Kier alpha value is -1.07. The molecule has 17 heavy (non-hydrogen) atoms. The molecule has 0 spiro atoms. The number of sulfonamides is 1. The van der Waals surface area contributed by atoms with E-state index in [1.54, 1.807) is 26.0 Å². The maximum absolute atomic E-state index is 11.6. The molecule has 0 radical (unpaired) electrons. The van der Waals surface area contributed by atoms with Gasteiger partial charge in [-0.15, -0.1) is 0 Å². The summed E-state index contributed by atoms with van der Waals surface area (Å²) in [6.07, 6.45) is 0. The van der Waals surface area contributed by atoms with Gasteiger partial charge >= 0.3 is 0 Å². The molecule has 1 aromatic rings. The zero-order valence-corrected chi connectivity index (χ0v) is 11.3. The van der Waals surface area contributed by atoms with Gasteiger partial charge in [0, 0.05) is 12.2 Å². The number of hydrogen-bond acceptors (Lipinski definition) is 3. The van der Waals surface area contributed by atoms with Crippen molar-refractivity contribution in [1.29, 1.82) is 0 Å². The Morgan fingerprint density at radius 2 is 1.76 bits per heavy atom. The van der Waals surface area contributed by atoms with Crippen LogP contribution in [0.3, 0.4) is 0 Å². The molecule has 96 valence electrons. The molecule has 0 amide bonds. The molecule has 0 bridgehead atoms. The molecule has 1 rings (SSSR count). The summed E-state index contributed by atoms with van der Waals surface area (Å²) in [5.74, 6) is 0. The van der Waals surface area contributed by atoms with Gasteiger partial charge in [0.1, 0.15) is 0 Å². The lowest BCUT2D eigenvalue weighted by Crippen LogP contribution is -2.22. The fourth-order valence-electron chi connectivity index (χ4n) is 1.24. The van der Waals surface area contributed by atoms with Crippen molar-refractivity contribution in [2.45, 2.75) is 32.6 Å². The van der Waals surface area contributed by atoms with E-state index in [0.717, 1.165) is 18.7 Å². The Morgan fingerprint density at radius 3 is 2.24 bits per heavy atom. The highest BCUT2D eigenvalue weighted by atomic mass is 32.2. The Bertz CT molecular complexity index is 438. The van der Waals surface area contributed by atoms with Crippen LogP contribution in [0.4, 0.5) is 5.69 Å². The van der Waals surface area contributed by atoms with Gasteiger partial charge < -0.3 is 5.32 Å². The van der Waals surface area contributed by atoms with Crippen LogP contribution in [0.2, 0.25) is 0 Å². The second-order valence-electron chi connectivity index (χ2n) is 4.17. The molecule has 0 aromatic heterocycles. The van der Waals surface area contributed by atoms with Crippen LogP contribution in [0.5, 0.6) is 0 Å². The first-order chi connectivity index (χ1) is 7.95. The summed E-state index contributed by atoms with van der Waals surface area (Å²) in [7, 11) is -3.25. The Labute approximate surface area is 103 Å². The number of benzene rings is 1. The van der Waals surface area contributed by atoms with Crippen LogP contribution in [0.25, 0.3) is 0 Å². The lowest BCUT2D eigenvalue weighted by atomic mass is 10.2. The average molecular weight is 256 g/mol. The number of anilines is 1. The minimum atomic E-state index is -3.25. The molecule has 5 heteroatoms. The van der Waals surface area contributed by atoms with Crippen LogP contribution in [0.15, 0.2) is 24.3 Å². The third kappa shape index (κ3) is 4.36. The third-order valence-corrected chi connectivity index (χ3v) is 4.18. The second kappa shape index (κ2) is 6.02. The quantitative estimate of drug-likeness (QED) is 0.818. The van der Waals surface area contributed by atoms with E-state index < -0.39 is 15.3 Å². The summed E-state index contributed by atoms with van der Waals surface area (Å²) >= 11 is 0. The molecule has 0 fully saturated rings. The van der Waals surface area contributed by atoms with Crippen LogP contribution >= 0.6 is 0 Å². The zero-order chi connectivity index (χ0) is 12.9. The van der Waals surface area contributed by atoms with Gasteiger partial charge in [0.15, 0.2) is 0 Å². The molecule has 2 N–H and O–H groups in total. The standard InChI is InChI=1S/C12H20N2O2S/c1-4-13-9-11-5-7-12(8-6-11)14-17(15,16)10(2)3/h5-8,10,13-14H,4,9H2,1-3H3. The van der Waals surface area contributed by atoms with Gasteiger partial charge in [-0.1, -0.05) is 19.1 Å². The van der Waals surface area contributed by atoms with Crippen molar-refractivity contribution >= 4 is 15.7 Å². The molecule has 0 aliphatic carbocycles. The van der Waals surface area contributed by atoms with Crippen LogP contribution in [0.1, 0.15) is 26.3 Å². The average Bonchev–Trinajstić information content (AvgIpc) is 2.27. The van der Waals surface area contributed by atoms with Crippen molar-refractivity contribution in [3.63, 3.8) is 0 Å². The second-order valence-corrected chi connectivity index (χ2v) is 6.41. The molecule has 0 saturated carbocycles. The lowest BCUT2D eigenvalue weighted by Gasteiger charge is -2.11. The monoisotopic (exact) mass is 256 g/mol. The van der Waals surface area contributed by atoms with Gasteiger partial charge in [-0.3, -0.25) is 4.72 Å². The van der Waals surface area contributed by atoms with Crippen LogP contribution < -0.4 is 10.0 Å². The SMILES string of the molecule is CCNCc1ccc(NS(=O)(=O)C(C)C)cc1. The van der Waals surface area contributed by atoms with Crippen LogP contribution in [-0.2, 0) is 16.6 Å². The van der Waals surface area contributed by atoms with E-state index in [-0.39, 0.29) is 0 Å². The maximum Gasteiger partial charge on any atom is 0.235 e. The van der Waals surface area contributed by atoms with Gasteiger partial charge in [0.2, 0.25) is 10.0 Å². The van der Waals surface area contributed by atoms with Crippen molar-refractivity contribution in [2.75, 3.05) is 11.3 Å². The van der Waals surface area contributed by atoms with Gasteiger partial charge in [-0.05, 0) is 38.1 Å². The lowest BCUT2D eigenvalue weighted by molar-refractivity contribution is 0.593. The first kappa shape index (κ1) is 14.0. The minimum Gasteiger partial charge on any atom is -0.313 e. The van der Waals surface area contributed by atoms with Crippen molar-refractivity contribution in [2.24, 2.45) is 0 Å². The van der Waals surface area contributed by atoms with E-state index in [9.17, 15) is 8.42 Å². The van der Waals surface area contributed by atoms with E-state index >= 15 is 0 Å². The summed E-state index contributed by atoms with van der Waals surface area (Å²) in [6, 6.07) is 7.40. The van der Waals surface area contributed by atoms with Gasteiger partial charge in [0.05, 0.1) is 5.25 Å². The Kier molecular flexibility index (Phi) is 4.96. The van der Waals surface area contributed by atoms with Crippen molar-refractivity contribution < 1.29 is 8.42 Å². The highest BCUT2D eigenvalue weighted by molar-refractivity contribution is 7.93. The molecule has 4 nitrogen and oxygen atoms in total. The topological polar surface area (TPSA) is 58.2 Å². The summed E-state index contributed by atoms with van der Waals surface area (Å²) in [5, 5.41) is 2.78. The van der Waals surface area contributed by atoms with Crippen molar-refractivity contribution in [3.8, 4) is 0 Å².